The SMILES string of the molecule is [B]CN(C)C(=O)C(C)(C)CC(=O)C(C)(C)C(=O)OC. The molecule has 0 aromatic rings. The zero-order chi connectivity index (χ0) is 15.4. The second kappa shape index (κ2) is 6.22. The van der Waals surface area contributed by atoms with E-state index in [1.807, 2.05) is 0 Å². The molecule has 0 bridgehead atoms. The molecule has 0 saturated heterocycles. The lowest BCUT2D eigenvalue weighted by molar-refractivity contribution is -0.157. The number of amides is 1. The van der Waals surface area contributed by atoms with Crippen LogP contribution in [0.2, 0.25) is 0 Å². The molecule has 0 aromatic heterocycles. The molecule has 5 nitrogen and oxygen atoms in total. The molecule has 0 rings (SSSR count). The predicted octanol–water partition coefficient (Wildman–Crippen LogP) is 0.755. The van der Waals surface area contributed by atoms with Crippen molar-refractivity contribution in [2.75, 3.05) is 20.6 Å². The fraction of sp³-hybridized carbons (Fsp3) is 0.769. The summed E-state index contributed by atoms with van der Waals surface area (Å²) in [6.45, 7) is 6.31. The van der Waals surface area contributed by atoms with Crippen LogP contribution in [0.4, 0.5) is 0 Å². The minimum atomic E-state index is -1.26. The van der Waals surface area contributed by atoms with Gasteiger partial charge in [-0.1, -0.05) is 13.8 Å². The van der Waals surface area contributed by atoms with Gasteiger partial charge in [-0.25, -0.2) is 0 Å². The number of ether oxygens (including phenoxy) is 1. The zero-order valence-corrected chi connectivity index (χ0v) is 12.6. The minimum absolute atomic E-state index is 0.0434. The van der Waals surface area contributed by atoms with Gasteiger partial charge in [0.15, 0.2) is 5.78 Å². The molecule has 0 aliphatic heterocycles. The Morgan fingerprint density at radius 2 is 1.63 bits per heavy atom. The Labute approximate surface area is 116 Å². The van der Waals surface area contributed by atoms with Gasteiger partial charge in [0.2, 0.25) is 5.91 Å². The van der Waals surface area contributed by atoms with Gasteiger partial charge in [0.1, 0.15) is 5.41 Å². The lowest BCUT2D eigenvalue weighted by atomic mass is 9.77. The summed E-state index contributed by atoms with van der Waals surface area (Å²) in [6, 6.07) is 0. The lowest BCUT2D eigenvalue weighted by Gasteiger charge is -2.31. The van der Waals surface area contributed by atoms with Crippen LogP contribution in [0.1, 0.15) is 34.1 Å². The van der Waals surface area contributed by atoms with Crippen molar-refractivity contribution in [1.29, 1.82) is 0 Å². The monoisotopic (exact) mass is 267 g/mol. The number of nitrogens with zero attached hydrogens (tertiary/aromatic N) is 1. The zero-order valence-electron chi connectivity index (χ0n) is 12.6. The summed E-state index contributed by atoms with van der Waals surface area (Å²) >= 11 is 0. The summed E-state index contributed by atoms with van der Waals surface area (Å²) in [5, 5.41) is 0. The van der Waals surface area contributed by atoms with Gasteiger partial charge in [0, 0.05) is 13.5 Å². The van der Waals surface area contributed by atoms with E-state index in [0.29, 0.717) is 0 Å². The van der Waals surface area contributed by atoms with Gasteiger partial charge in [-0.2, -0.15) is 0 Å². The van der Waals surface area contributed by atoms with E-state index in [2.05, 4.69) is 4.74 Å². The number of carbonyl (C=O) groups is 3. The molecule has 0 aromatic carbocycles. The molecule has 2 radical (unpaired) electrons. The molecule has 6 heteroatoms. The molecule has 0 aliphatic carbocycles. The molecular weight excluding hydrogens is 245 g/mol. The Morgan fingerprint density at radius 1 is 1.16 bits per heavy atom. The maximum atomic E-state index is 12.2. The van der Waals surface area contributed by atoms with Crippen LogP contribution >= 0.6 is 0 Å². The highest BCUT2D eigenvalue weighted by Crippen LogP contribution is 2.30. The van der Waals surface area contributed by atoms with Gasteiger partial charge < -0.3 is 9.64 Å². The minimum Gasteiger partial charge on any atom is -0.468 e. The van der Waals surface area contributed by atoms with Crippen LogP contribution in [-0.2, 0) is 19.1 Å². The van der Waals surface area contributed by atoms with Gasteiger partial charge >= 0.3 is 5.97 Å². The van der Waals surface area contributed by atoms with Crippen molar-refractivity contribution >= 4 is 25.5 Å². The van der Waals surface area contributed by atoms with E-state index in [1.54, 1.807) is 20.9 Å². The second-order valence-corrected chi connectivity index (χ2v) is 5.79. The quantitative estimate of drug-likeness (QED) is 0.405. The summed E-state index contributed by atoms with van der Waals surface area (Å²) in [6.07, 6.45) is 0.0368. The summed E-state index contributed by atoms with van der Waals surface area (Å²) in [7, 11) is 8.20. The Morgan fingerprint density at radius 3 is 2.00 bits per heavy atom. The Bertz CT molecular complexity index is 377. The molecule has 0 unspecified atom stereocenters. The van der Waals surface area contributed by atoms with Crippen molar-refractivity contribution in [3.63, 3.8) is 0 Å². The van der Waals surface area contributed by atoms with E-state index in [1.165, 1.54) is 25.9 Å². The number of carbonyl (C=O) groups excluding carboxylic acids is 3. The number of Topliss-reactive ketones (excluding diaryl/α,β-unsaturated/α-hetero) is 1. The standard InChI is InChI=1S/C13H22BNO4/c1-12(2,10(17)15(5)8-14)7-9(16)13(3,4)11(18)19-6/h7-8H2,1-6H3. The van der Waals surface area contributed by atoms with Gasteiger partial charge in [0.25, 0.3) is 0 Å². The van der Waals surface area contributed by atoms with Crippen LogP contribution in [-0.4, -0.2) is 51.0 Å². The Balaban J connectivity index is 4.99. The first-order valence-corrected chi connectivity index (χ1v) is 6.08. The van der Waals surface area contributed by atoms with E-state index >= 15 is 0 Å². The summed E-state index contributed by atoms with van der Waals surface area (Å²) < 4.78 is 4.60. The van der Waals surface area contributed by atoms with Crippen molar-refractivity contribution in [2.45, 2.75) is 34.1 Å². The van der Waals surface area contributed by atoms with Crippen LogP contribution in [0.3, 0.4) is 0 Å². The first-order valence-electron chi connectivity index (χ1n) is 6.08. The molecule has 0 fully saturated rings. The summed E-state index contributed by atoms with van der Waals surface area (Å²) in [5.74, 6) is -1.17. The highest BCUT2D eigenvalue weighted by molar-refractivity contribution is 6.10. The molecule has 0 heterocycles. The molecule has 0 atom stereocenters. The van der Waals surface area contributed by atoms with E-state index in [9.17, 15) is 14.4 Å². The van der Waals surface area contributed by atoms with E-state index in [0.717, 1.165) is 0 Å². The van der Waals surface area contributed by atoms with Gasteiger partial charge in [-0.15, -0.1) is 0 Å². The van der Waals surface area contributed by atoms with Gasteiger partial charge in [-0.3, -0.25) is 14.4 Å². The van der Waals surface area contributed by atoms with Gasteiger partial charge in [0.05, 0.1) is 20.4 Å². The molecule has 0 spiro atoms. The van der Waals surface area contributed by atoms with Crippen LogP contribution < -0.4 is 0 Å². The number of rotatable bonds is 6. The molecule has 0 N–H and O–H groups in total. The average Bonchev–Trinajstić information content (AvgIpc) is 2.34. The van der Waals surface area contributed by atoms with E-state index < -0.39 is 16.8 Å². The van der Waals surface area contributed by atoms with Crippen molar-refractivity contribution in [3.8, 4) is 0 Å². The third-order valence-corrected chi connectivity index (χ3v) is 3.19. The molecular formula is C13H22BNO4. The summed E-state index contributed by atoms with van der Waals surface area (Å²) in [5.41, 5.74) is -2.16. The number of hydrogen-bond donors (Lipinski definition) is 0. The third kappa shape index (κ3) is 4.08. The largest absolute Gasteiger partial charge is 0.468 e. The van der Waals surface area contributed by atoms with E-state index in [4.69, 9.17) is 7.85 Å². The second-order valence-electron chi connectivity index (χ2n) is 5.79. The number of methoxy groups -OCH3 is 1. The Hall–Kier alpha value is -1.33. The molecule has 0 aliphatic rings. The van der Waals surface area contributed by atoms with Crippen molar-refractivity contribution in [3.05, 3.63) is 0 Å². The van der Waals surface area contributed by atoms with Crippen LogP contribution in [0.25, 0.3) is 0 Å². The first-order chi connectivity index (χ1) is 8.50. The average molecular weight is 267 g/mol. The van der Waals surface area contributed by atoms with Crippen LogP contribution in [0, 0.1) is 10.8 Å². The van der Waals surface area contributed by atoms with Crippen molar-refractivity contribution in [2.24, 2.45) is 10.8 Å². The number of ketones is 1. The maximum Gasteiger partial charge on any atom is 0.318 e. The molecule has 106 valence electrons. The maximum absolute atomic E-state index is 12.2. The highest BCUT2D eigenvalue weighted by Gasteiger charge is 2.42. The van der Waals surface area contributed by atoms with E-state index in [-0.39, 0.29) is 24.6 Å². The smallest absolute Gasteiger partial charge is 0.318 e. The highest BCUT2D eigenvalue weighted by atomic mass is 16.5. The van der Waals surface area contributed by atoms with Crippen molar-refractivity contribution < 1.29 is 19.1 Å². The molecule has 0 saturated carbocycles. The van der Waals surface area contributed by atoms with Crippen molar-refractivity contribution in [1.82, 2.24) is 4.90 Å². The summed E-state index contributed by atoms with van der Waals surface area (Å²) in [4.78, 5) is 37.2. The van der Waals surface area contributed by atoms with Crippen LogP contribution in [0.15, 0.2) is 0 Å². The predicted molar refractivity (Wildman–Crippen MR) is 72.6 cm³/mol. The van der Waals surface area contributed by atoms with Gasteiger partial charge in [-0.05, 0) is 20.3 Å². The fourth-order valence-electron chi connectivity index (χ4n) is 1.67. The number of hydrogen-bond acceptors (Lipinski definition) is 4. The van der Waals surface area contributed by atoms with Crippen LogP contribution in [0.5, 0.6) is 0 Å². The normalized spacial score (nSPS) is 11.9. The first kappa shape index (κ1) is 17.7. The molecule has 1 amide bonds. The molecule has 19 heavy (non-hydrogen) atoms. The lowest BCUT2D eigenvalue weighted by Crippen LogP contribution is -2.43. The Kier molecular flexibility index (Phi) is 5.78. The fourth-order valence-corrected chi connectivity index (χ4v) is 1.67. The topological polar surface area (TPSA) is 63.7 Å². The number of esters is 1. The third-order valence-electron chi connectivity index (χ3n) is 3.19.